The molecule has 0 atom stereocenters. The number of halogens is 1. The average Bonchev–Trinajstić information content (AvgIpc) is 2.65. The number of benzene rings is 3. The molecule has 0 bridgehead atoms. The zero-order valence-corrected chi connectivity index (χ0v) is 16.8. The molecule has 0 fully saturated rings. The molecule has 3 aromatic rings. The van der Waals surface area contributed by atoms with Crippen LogP contribution < -0.4 is 15.9 Å². The van der Waals surface area contributed by atoms with Gasteiger partial charge in [-0.1, -0.05) is 121 Å². The lowest BCUT2D eigenvalue weighted by atomic mass is 10.3. The number of rotatable bonds is 4. The van der Waals surface area contributed by atoms with Gasteiger partial charge in [-0.25, -0.2) is 0 Å². The van der Waals surface area contributed by atoms with E-state index < -0.39 is 7.92 Å². The van der Waals surface area contributed by atoms with Gasteiger partial charge in [0, 0.05) is 5.33 Å². The lowest BCUT2D eigenvalue weighted by Crippen LogP contribution is -2.20. The van der Waals surface area contributed by atoms with E-state index in [0.717, 1.165) is 11.2 Å². The van der Waals surface area contributed by atoms with E-state index in [9.17, 15) is 0 Å². The van der Waals surface area contributed by atoms with Gasteiger partial charge in [0.1, 0.15) is 0 Å². The maximum Gasteiger partial charge on any atom is 0.00544 e. The Bertz CT molecular complexity index is 587. The minimum Gasteiger partial charge on any atom is -0.0925 e. The molecule has 0 unspecified atom stereocenters. The largest absolute Gasteiger partial charge is 0.0925 e. The summed E-state index contributed by atoms with van der Waals surface area (Å²) in [6, 6.07) is 32.3. The third-order valence-electron chi connectivity index (χ3n) is 3.35. The van der Waals surface area contributed by atoms with Crippen LogP contribution in [0, 0.1) is 5.92 Å². The predicted octanol–water partition coefficient (Wildman–Crippen LogP) is 5.48. The normalized spacial score (nSPS) is 10.4. The third-order valence-corrected chi connectivity index (χ3v) is 7.09. The average molecular weight is 399 g/mol. The van der Waals surface area contributed by atoms with Gasteiger partial charge in [-0.2, -0.15) is 0 Å². The highest BCUT2D eigenvalue weighted by Gasteiger charge is 2.14. The van der Waals surface area contributed by atoms with Crippen molar-refractivity contribution in [3.05, 3.63) is 91.0 Å². The van der Waals surface area contributed by atoms with E-state index in [0.29, 0.717) is 0 Å². The van der Waals surface area contributed by atoms with Crippen molar-refractivity contribution in [2.45, 2.75) is 13.8 Å². The van der Waals surface area contributed by atoms with E-state index in [4.69, 9.17) is 0 Å². The highest BCUT2D eigenvalue weighted by atomic mass is 79.9. The second-order valence-electron chi connectivity index (χ2n) is 5.89. The molecule has 0 spiro atoms. The second kappa shape index (κ2) is 10.4. The Kier molecular flexibility index (Phi) is 8.22. The molecule has 24 heavy (non-hydrogen) atoms. The molecule has 3 aromatic carbocycles. The molecule has 0 aliphatic rings. The Hall–Kier alpha value is -1.43. The van der Waals surface area contributed by atoms with Crippen molar-refractivity contribution >= 4 is 39.8 Å². The molecule has 3 rings (SSSR count). The van der Waals surface area contributed by atoms with Crippen LogP contribution in [0.4, 0.5) is 0 Å². The van der Waals surface area contributed by atoms with E-state index in [1.54, 1.807) is 0 Å². The summed E-state index contributed by atoms with van der Waals surface area (Å²) in [4.78, 5) is 0. The first-order valence-electron chi connectivity index (χ1n) is 8.23. The fraction of sp³-hybridized carbons (Fsp3) is 0.182. The van der Waals surface area contributed by atoms with Crippen molar-refractivity contribution in [1.82, 2.24) is 0 Å². The van der Waals surface area contributed by atoms with Crippen LogP contribution >= 0.6 is 23.9 Å². The summed E-state index contributed by atoms with van der Waals surface area (Å²) >= 11 is 3.31. The molecule has 0 aromatic heterocycles. The zero-order valence-electron chi connectivity index (χ0n) is 14.3. The van der Waals surface area contributed by atoms with Gasteiger partial charge < -0.3 is 0 Å². The molecule has 0 saturated carbocycles. The fourth-order valence-electron chi connectivity index (χ4n) is 2.18. The second-order valence-corrected chi connectivity index (χ2v) is 8.76. The number of hydrogen-bond acceptors (Lipinski definition) is 0. The van der Waals surface area contributed by atoms with Crippen LogP contribution in [0.15, 0.2) is 91.0 Å². The molecule has 0 heterocycles. The molecule has 0 radical (unpaired) electrons. The lowest BCUT2D eigenvalue weighted by molar-refractivity contribution is 0.756. The molecular weight excluding hydrogens is 375 g/mol. The summed E-state index contributed by atoms with van der Waals surface area (Å²) in [7, 11) is -0.446. The smallest absolute Gasteiger partial charge is 0.00544 e. The van der Waals surface area contributed by atoms with E-state index in [1.807, 2.05) is 0 Å². The number of hydrogen-bond donors (Lipinski definition) is 0. The Morgan fingerprint density at radius 2 is 0.875 bits per heavy atom. The first kappa shape index (κ1) is 18.9. The van der Waals surface area contributed by atoms with Crippen molar-refractivity contribution in [3.8, 4) is 0 Å². The molecule has 2 heteroatoms. The Labute approximate surface area is 155 Å². The molecule has 0 N–H and O–H groups in total. The minimum absolute atomic E-state index is 0.446. The first-order valence-corrected chi connectivity index (χ1v) is 10.7. The van der Waals surface area contributed by atoms with Gasteiger partial charge in [-0.15, -0.1) is 0 Å². The highest BCUT2D eigenvalue weighted by Crippen LogP contribution is 2.32. The standard InChI is InChI=1S/C18H15P.C4H9Br/c1-4-10-16(11-5-1)19(17-12-6-2-7-13-17)18-14-8-3-9-15-18;1-4(2)3-5/h1-15H;4H,3H2,1-2H3. The van der Waals surface area contributed by atoms with Gasteiger partial charge in [0.15, 0.2) is 0 Å². The summed E-state index contributed by atoms with van der Waals surface area (Å²) < 4.78 is 0. The van der Waals surface area contributed by atoms with Crippen LogP contribution in [0.25, 0.3) is 0 Å². The summed E-state index contributed by atoms with van der Waals surface area (Å²) in [5.74, 6) is 0.801. The van der Waals surface area contributed by atoms with Crippen LogP contribution in [-0.2, 0) is 0 Å². The van der Waals surface area contributed by atoms with Crippen LogP contribution in [0.2, 0.25) is 0 Å². The highest BCUT2D eigenvalue weighted by molar-refractivity contribution is 9.09. The minimum atomic E-state index is -0.446. The van der Waals surface area contributed by atoms with Crippen molar-refractivity contribution in [1.29, 1.82) is 0 Å². The SMILES string of the molecule is CC(C)CBr.c1ccc(P(c2ccccc2)c2ccccc2)cc1. The maximum absolute atomic E-state index is 3.31. The molecule has 0 aliphatic heterocycles. The Balaban J connectivity index is 0.000000368. The summed E-state index contributed by atoms with van der Waals surface area (Å²) in [6.45, 7) is 4.35. The summed E-state index contributed by atoms with van der Waals surface area (Å²) in [6.07, 6.45) is 0. The van der Waals surface area contributed by atoms with Gasteiger partial charge in [0.25, 0.3) is 0 Å². The van der Waals surface area contributed by atoms with Crippen molar-refractivity contribution < 1.29 is 0 Å². The van der Waals surface area contributed by atoms with Gasteiger partial charge in [0.2, 0.25) is 0 Å². The summed E-state index contributed by atoms with van der Waals surface area (Å²) in [5.41, 5.74) is 0. The van der Waals surface area contributed by atoms with Gasteiger partial charge in [-0.05, 0) is 29.8 Å². The van der Waals surface area contributed by atoms with E-state index in [1.165, 1.54) is 15.9 Å². The molecule has 124 valence electrons. The van der Waals surface area contributed by atoms with Crippen LogP contribution in [-0.4, -0.2) is 5.33 Å². The van der Waals surface area contributed by atoms with E-state index in [-0.39, 0.29) is 0 Å². The molecule has 0 nitrogen and oxygen atoms in total. The van der Waals surface area contributed by atoms with Crippen molar-refractivity contribution in [2.75, 3.05) is 5.33 Å². The van der Waals surface area contributed by atoms with Gasteiger partial charge in [0.05, 0.1) is 0 Å². The van der Waals surface area contributed by atoms with Crippen molar-refractivity contribution in [3.63, 3.8) is 0 Å². The third kappa shape index (κ3) is 5.89. The number of alkyl halides is 1. The predicted molar refractivity (Wildman–Crippen MR) is 114 cm³/mol. The first-order chi connectivity index (χ1) is 11.7. The monoisotopic (exact) mass is 398 g/mol. The molecular formula is C22H24BrP. The zero-order chi connectivity index (χ0) is 17.2. The molecule has 0 saturated heterocycles. The van der Waals surface area contributed by atoms with Crippen LogP contribution in [0.1, 0.15) is 13.8 Å². The molecule has 0 aliphatic carbocycles. The Morgan fingerprint density at radius 1 is 0.625 bits per heavy atom. The Morgan fingerprint density at radius 3 is 1.08 bits per heavy atom. The quantitative estimate of drug-likeness (QED) is 0.403. The van der Waals surface area contributed by atoms with E-state index in [2.05, 4.69) is 121 Å². The molecule has 0 amide bonds. The lowest BCUT2D eigenvalue weighted by Gasteiger charge is -2.18. The van der Waals surface area contributed by atoms with Gasteiger partial charge in [-0.3, -0.25) is 0 Å². The van der Waals surface area contributed by atoms with Crippen molar-refractivity contribution in [2.24, 2.45) is 5.92 Å². The topological polar surface area (TPSA) is 0 Å². The fourth-order valence-corrected chi connectivity index (χ4v) is 4.48. The van der Waals surface area contributed by atoms with Crippen LogP contribution in [0.5, 0.6) is 0 Å². The maximum atomic E-state index is 3.31. The summed E-state index contributed by atoms with van der Waals surface area (Å²) in [5, 5.41) is 5.31. The van der Waals surface area contributed by atoms with E-state index >= 15 is 0 Å². The van der Waals surface area contributed by atoms with Gasteiger partial charge >= 0.3 is 0 Å². The van der Waals surface area contributed by atoms with Crippen LogP contribution in [0.3, 0.4) is 0 Å².